The maximum Gasteiger partial charge on any atom is 0.255 e. The Morgan fingerprint density at radius 1 is 1.21 bits per heavy atom. The number of H-pyrrole nitrogens is 1. The van der Waals surface area contributed by atoms with E-state index in [1.165, 1.54) is 18.5 Å². The van der Waals surface area contributed by atoms with E-state index in [0.717, 1.165) is 38.5 Å². The summed E-state index contributed by atoms with van der Waals surface area (Å²) < 4.78 is 19.9. The summed E-state index contributed by atoms with van der Waals surface area (Å²) in [6.07, 6.45) is 7.32. The molecule has 33 heavy (non-hydrogen) atoms. The van der Waals surface area contributed by atoms with Crippen LogP contribution in [-0.2, 0) is 0 Å². The Morgan fingerprint density at radius 3 is 2.70 bits per heavy atom. The van der Waals surface area contributed by atoms with Gasteiger partial charge in [0.05, 0.1) is 17.7 Å². The topological polar surface area (TPSA) is 106 Å². The van der Waals surface area contributed by atoms with Gasteiger partial charge in [0.25, 0.3) is 5.91 Å². The number of aromatic amines is 1. The molecular formula is C24H29ClFN5O2. The molecule has 0 spiro atoms. The van der Waals surface area contributed by atoms with E-state index >= 15 is 0 Å². The first kappa shape index (κ1) is 23.4. The number of carbonyl (C=O) groups is 1. The second kappa shape index (κ2) is 9.65. The number of aryl methyl sites for hydroxylation is 1. The third-order valence-electron chi connectivity index (χ3n) is 6.48. The van der Waals surface area contributed by atoms with Gasteiger partial charge in [-0.25, -0.2) is 14.4 Å². The number of nitrogens with one attached hydrogen (secondary N) is 2. The van der Waals surface area contributed by atoms with Gasteiger partial charge in [-0.3, -0.25) is 4.79 Å². The fraction of sp³-hybridized carbons (Fsp3) is 0.458. The molecule has 5 rings (SSSR count). The predicted octanol–water partition coefficient (Wildman–Crippen LogP) is 4.28. The van der Waals surface area contributed by atoms with Gasteiger partial charge in [-0.05, 0) is 63.5 Å². The van der Waals surface area contributed by atoms with Crippen molar-refractivity contribution in [1.29, 1.82) is 0 Å². The van der Waals surface area contributed by atoms with E-state index in [9.17, 15) is 9.18 Å². The summed E-state index contributed by atoms with van der Waals surface area (Å²) in [6.45, 7) is 2.42. The van der Waals surface area contributed by atoms with Gasteiger partial charge < -0.3 is 20.8 Å². The van der Waals surface area contributed by atoms with Crippen molar-refractivity contribution < 1.29 is 13.9 Å². The third-order valence-corrected chi connectivity index (χ3v) is 6.48. The maximum atomic E-state index is 14.0. The lowest BCUT2D eigenvalue weighted by Crippen LogP contribution is -2.40. The maximum absolute atomic E-state index is 14.0. The molecule has 2 aliphatic carbocycles. The number of hydrogen-bond acceptors (Lipinski definition) is 5. The van der Waals surface area contributed by atoms with Crippen LogP contribution in [0.2, 0.25) is 0 Å². The number of carbonyl (C=O) groups excluding carboxylic acids is 1. The quantitative estimate of drug-likeness (QED) is 0.495. The second-order valence-corrected chi connectivity index (χ2v) is 9.05. The zero-order valence-corrected chi connectivity index (χ0v) is 19.4. The average molecular weight is 474 g/mol. The molecule has 0 bridgehead atoms. The van der Waals surface area contributed by atoms with Crippen LogP contribution in [0.4, 0.5) is 4.39 Å². The predicted molar refractivity (Wildman–Crippen MR) is 127 cm³/mol. The van der Waals surface area contributed by atoms with E-state index in [2.05, 4.69) is 20.3 Å². The molecule has 0 radical (unpaired) electrons. The number of halogens is 2. The molecule has 0 atom stereocenters. The van der Waals surface area contributed by atoms with Crippen LogP contribution in [0, 0.1) is 18.7 Å². The Morgan fingerprint density at radius 2 is 1.97 bits per heavy atom. The molecule has 4 N–H and O–H groups in total. The molecule has 7 nitrogen and oxygen atoms in total. The number of rotatable bonds is 6. The first-order chi connectivity index (χ1) is 15.5. The van der Waals surface area contributed by atoms with Crippen LogP contribution in [0.3, 0.4) is 0 Å². The Labute approximate surface area is 198 Å². The molecule has 0 aliphatic heterocycles. The molecule has 2 fully saturated rings. The Bertz CT molecular complexity index is 1160. The van der Waals surface area contributed by atoms with Gasteiger partial charge in [0, 0.05) is 29.4 Å². The van der Waals surface area contributed by atoms with Crippen LogP contribution in [0.25, 0.3) is 22.3 Å². The van der Waals surface area contributed by atoms with E-state index in [1.54, 1.807) is 6.07 Å². The van der Waals surface area contributed by atoms with Gasteiger partial charge in [-0.1, -0.05) is 0 Å². The van der Waals surface area contributed by atoms with E-state index in [1.807, 2.05) is 6.92 Å². The molecule has 0 unspecified atom stereocenters. The molecule has 2 aliphatic rings. The van der Waals surface area contributed by atoms with E-state index < -0.39 is 0 Å². The van der Waals surface area contributed by atoms with Crippen LogP contribution in [0.5, 0.6) is 5.75 Å². The minimum atomic E-state index is -0.361. The molecule has 9 heteroatoms. The van der Waals surface area contributed by atoms with Gasteiger partial charge in [-0.15, -0.1) is 12.4 Å². The van der Waals surface area contributed by atoms with E-state index in [0.29, 0.717) is 51.8 Å². The van der Waals surface area contributed by atoms with Crippen molar-refractivity contribution in [1.82, 2.24) is 20.3 Å². The average Bonchev–Trinajstić information content (AvgIpc) is 3.54. The van der Waals surface area contributed by atoms with Gasteiger partial charge in [-0.2, -0.15) is 0 Å². The Kier molecular flexibility index (Phi) is 6.86. The lowest BCUT2D eigenvalue weighted by atomic mass is 9.91. The highest BCUT2D eigenvalue weighted by Gasteiger charge is 2.26. The van der Waals surface area contributed by atoms with Crippen molar-refractivity contribution in [2.45, 2.75) is 57.5 Å². The minimum absolute atomic E-state index is 0. The molecule has 176 valence electrons. The summed E-state index contributed by atoms with van der Waals surface area (Å²) in [4.78, 5) is 25.3. The number of nitrogens with zero attached hydrogens (tertiary/aromatic N) is 2. The zero-order valence-electron chi connectivity index (χ0n) is 18.6. The van der Waals surface area contributed by atoms with Crippen molar-refractivity contribution in [3.05, 3.63) is 41.6 Å². The zero-order chi connectivity index (χ0) is 22.2. The number of hydrogen-bond donors (Lipinski definition) is 3. The highest BCUT2D eigenvalue weighted by molar-refractivity contribution is 6.09. The number of ether oxygens (including phenoxy) is 1. The van der Waals surface area contributed by atoms with Gasteiger partial charge in [0.2, 0.25) is 0 Å². The molecule has 0 saturated heterocycles. The second-order valence-electron chi connectivity index (χ2n) is 9.05. The molecular weight excluding hydrogens is 445 g/mol. The number of nitrogens with two attached hydrogens (primary N) is 1. The third kappa shape index (κ3) is 4.96. The number of aromatic nitrogens is 3. The standard InChI is InChI=1S/C24H28FN5O2.ClH/c1-13-20(24(31)30-17-7-5-16(26)6-8-17)22-23(29-13)21(27-12-28-22)18-9-4-15(25)10-19(18)32-11-14-2-3-14;/h4,9-10,12,14,16-17,29H,2-3,5-8,11,26H2,1H3,(H,30,31);1H/t16-,17+;. The molecule has 1 aromatic carbocycles. The number of amides is 1. The molecule has 2 saturated carbocycles. The van der Waals surface area contributed by atoms with Gasteiger partial charge in [0.15, 0.2) is 0 Å². The molecule has 2 heterocycles. The van der Waals surface area contributed by atoms with Crippen LogP contribution in [-0.4, -0.2) is 39.5 Å². The van der Waals surface area contributed by atoms with Crippen molar-refractivity contribution in [3.63, 3.8) is 0 Å². The van der Waals surface area contributed by atoms with Gasteiger partial charge in [0.1, 0.15) is 29.1 Å². The van der Waals surface area contributed by atoms with Gasteiger partial charge >= 0.3 is 0 Å². The van der Waals surface area contributed by atoms with Crippen molar-refractivity contribution in [3.8, 4) is 17.0 Å². The van der Waals surface area contributed by atoms with Crippen LogP contribution in [0.1, 0.15) is 54.6 Å². The van der Waals surface area contributed by atoms with E-state index in [-0.39, 0.29) is 36.2 Å². The summed E-state index contributed by atoms with van der Waals surface area (Å²) >= 11 is 0. The largest absolute Gasteiger partial charge is 0.492 e. The summed E-state index contributed by atoms with van der Waals surface area (Å²) in [6, 6.07) is 4.79. The van der Waals surface area contributed by atoms with Crippen molar-refractivity contribution in [2.24, 2.45) is 11.7 Å². The molecule has 3 aromatic rings. The Hall–Kier alpha value is -2.71. The van der Waals surface area contributed by atoms with E-state index in [4.69, 9.17) is 10.5 Å². The normalized spacial score (nSPS) is 20.3. The highest BCUT2D eigenvalue weighted by Crippen LogP contribution is 2.36. The summed E-state index contributed by atoms with van der Waals surface area (Å²) in [5.74, 6) is 0.477. The Balaban J connectivity index is 0.00000259. The fourth-order valence-corrected chi connectivity index (χ4v) is 4.43. The first-order valence-electron chi connectivity index (χ1n) is 11.3. The number of fused-ring (bicyclic) bond motifs is 1. The monoisotopic (exact) mass is 473 g/mol. The lowest BCUT2D eigenvalue weighted by Gasteiger charge is -2.26. The van der Waals surface area contributed by atoms with Crippen molar-refractivity contribution in [2.75, 3.05) is 6.61 Å². The fourth-order valence-electron chi connectivity index (χ4n) is 4.43. The van der Waals surface area contributed by atoms with Crippen molar-refractivity contribution >= 4 is 29.3 Å². The summed E-state index contributed by atoms with van der Waals surface area (Å²) in [5.41, 5.74) is 9.68. The molecule has 1 amide bonds. The summed E-state index contributed by atoms with van der Waals surface area (Å²) in [5, 5.41) is 3.14. The SMILES string of the molecule is Cc1[nH]c2c(-c3ccc(F)cc3OCC3CC3)ncnc2c1C(=O)N[C@H]1CC[C@@H](N)CC1.Cl. The smallest absolute Gasteiger partial charge is 0.255 e. The summed E-state index contributed by atoms with van der Waals surface area (Å²) in [7, 11) is 0. The van der Waals surface area contributed by atoms with Crippen LogP contribution < -0.4 is 15.8 Å². The number of benzene rings is 1. The highest BCUT2D eigenvalue weighted by atomic mass is 35.5. The van der Waals surface area contributed by atoms with Crippen LogP contribution >= 0.6 is 12.4 Å². The van der Waals surface area contributed by atoms with Crippen LogP contribution in [0.15, 0.2) is 24.5 Å². The first-order valence-corrected chi connectivity index (χ1v) is 11.3. The lowest BCUT2D eigenvalue weighted by molar-refractivity contribution is 0.0927. The minimum Gasteiger partial charge on any atom is -0.492 e. The molecule has 2 aromatic heterocycles.